The summed E-state index contributed by atoms with van der Waals surface area (Å²) in [7, 11) is 0. The number of hydrogen-bond acceptors (Lipinski definition) is 3. The van der Waals surface area contributed by atoms with Crippen LogP contribution in [0.5, 0.6) is 0 Å². The molecular formula is C14H19N3. The van der Waals surface area contributed by atoms with Crippen LogP contribution in [0.1, 0.15) is 25.0 Å². The lowest BCUT2D eigenvalue weighted by atomic mass is 10.2. The number of hydrogen-bond donors (Lipinski definition) is 1. The predicted octanol–water partition coefficient (Wildman–Crippen LogP) is 2.10. The van der Waals surface area contributed by atoms with Gasteiger partial charge in [0.25, 0.3) is 0 Å². The molecule has 2 heterocycles. The Balaban J connectivity index is 1.66. The number of nitrogens with one attached hydrogen (secondary N) is 1. The lowest BCUT2D eigenvalue weighted by Gasteiger charge is -2.24. The van der Waals surface area contributed by atoms with Gasteiger partial charge in [-0.15, -0.1) is 0 Å². The van der Waals surface area contributed by atoms with Crippen LogP contribution in [0.2, 0.25) is 0 Å². The van der Waals surface area contributed by atoms with E-state index in [9.17, 15) is 0 Å². The van der Waals surface area contributed by atoms with Crippen LogP contribution in [-0.2, 0) is 6.54 Å². The summed E-state index contributed by atoms with van der Waals surface area (Å²) >= 11 is 0. The summed E-state index contributed by atoms with van der Waals surface area (Å²) in [6.07, 6.45) is 8.26. The minimum absolute atomic E-state index is 0.748. The molecule has 3 heteroatoms. The van der Waals surface area contributed by atoms with E-state index in [-0.39, 0.29) is 0 Å². The number of pyridine rings is 1. The SMILES string of the molecule is C1=CCN(c2cccc(CNC3CC3)n2)CC1. The second-order valence-corrected chi connectivity index (χ2v) is 4.85. The van der Waals surface area contributed by atoms with Crippen molar-refractivity contribution in [2.24, 2.45) is 0 Å². The van der Waals surface area contributed by atoms with E-state index in [0.717, 1.165) is 43.6 Å². The van der Waals surface area contributed by atoms with Crippen molar-refractivity contribution in [3.8, 4) is 0 Å². The first-order valence-electron chi connectivity index (χ1n) is 6.51. The summed E-state index contributed by atoms with van der Waals surface area (Å²) < 4.78 is 0. The van der Waals surface area contributed by atoms with Gasteiger partial charge in [-0.3, -0.25) is 0 Å². The molecule has 0 amide bonds. The summed E-state index contributed by atoms with van der Waals surface area (Å²) in [5, 5.41) is 3.51. The summed E-state index contributed by atoms with van der Waals surface area (Å²) in [5.41, 5.74) is 1.16. The molecule has 1 aromatic rings. The van der Waals surface area contributed by atoms with Gasteiger partial charge < -0.3 is 10.2 Å². The predicted molar refractivity (Wildman–Crippen MR) is 70.1 cm³/mol. The average molecular weight is 229 g/mol. The topological polar surface area (TPSA) is 28.2 Å². The molecule has 1 N–H and O–H groups in total. The van der Waals surface area contributed by atoms with Gasteiger partial charge in [0.15, 0.2) is 0 Å². The Morgan fingerprint density at radius 2 is 2.24 bits per heavy atom. The molecule has 0 atom stereocenters. The second-order valence-electron chi connectivity index (χ2n) is 4.85. The molecule has 2 aliphatic rings. The van der Waals surface area contributed by atoms with Crippen molar-refractivity contribution in [1.29, 1.82) is 0 Å². The second kappa shape index (κ2) is 4.88. The van der Waals surface area contributed by atoms with E-state index >= 15 is 0 Å². The van der Waals surface area contributed by atoms with Gasteiger partial charge in [0, 0.05) is 25.7 Å². The molecule has 90 valence electrons. The number of rotatable bonds is 4. The highest BCUT2D eigenvalue weighted by molar-refractivity contribution is 5.41. The first-order valence-corrected chi connectivity index (χ1v) is 6.51. The van der Waals surface area contributed by atoms with Gasteiger partial charge in [-0.2, -0.15) is 0 Å². The van der Waals surface area contributed by atoms with Gasteiger partial charge in [-0.05, 0) is 31.4 Å². The number of anilines is 1. The average Bonchev–Trinajstić information content (AvgIpc) is 3.22. The first-order chi connectivity index (χ1) is 8.42. The van der Waals surface area contributed by atoms with Crippen LogP contribution in [0.3, 0.4) is 0 Å². The highest BCUT2D eigenvalue weighted by Gasteiger charge is 2.20. The van der Waals surface area contributed by atoms with Crippen molar-refractivity contribution in [3.63, 3.8) is 0 Å². The van der Waals surface area contributed by atoms with Crippen molar-refractivity contribution in [3.05, 3.63) is 36.0 Å². The molecule has 0 unspecified atom stereocenters. The highest BCUT2D eigenvalue weighted by Crippen LogP contribution is 2.19. The van der Waals surface area contributed by atoms with Crippen LogP contribution in [0.15, 0.2) is 30.4 Å². The highest BCUT2D eigenvalue weighted by atomic mass is 15.2. The molecule has 1 aromatic heterocycles. The Hall–Kier alpha value is -1.35. The molecule has 1 aliphatic heterocycles. The summed E-state index contributed by atoms with van der Waals surface area (Å²) in [5.74, 6) is 1.12. The standard InChI is InChI=1S/C14H19N3/c1-2-9-17(10-3-1)14-6-4-5-13(16-14)11-15-12-7-8-12/h1-2,4-6,12,15H,3,7-11H2. The van der Waals surface area contributed by atoms with Crippen LogP contribution >= 0.6 is 0 Å². The van der Waals surface area contributed by atoms with Crippen molar-refractivity contribution in [2.75, 3.05) is 18.0 Å². The third-order valence-corrected chi connectivity index (χ3v) is 3.32. The van der Waals surface area contributed by atoms with Gasteiger partial charge in [0.1, 0.15) is 5.82 Å². The maximum atomic E-state index is 4.73. The lowest BCUT2D eigenvalue weighted by Crippen LogP contribution is -2.28. The van der Waals surface area contributed by atoms with E-state index in [1.54, 1.807) is 0 Å². The van der Waals surface area contributed by atoms with E-state index in [4.69, 9.17) is 4.98 Å². The van der Waals surface area contributed by atoms with Crippen molar-refractivity contribution in [1.82, 2.24) is 10.3 Å². The minimum atomic E-state index is 0.748. The normalized spacial score (nSPS) is 19.6. The number of aromatic nitrogens is 1. The number of nitrogens with zero attached hydrogens (tertiary/aromatic N) is 2. The summed E-state index contributed by atoms with van der Waals surface area (Å²) in [4.78, 5) is 7.06. The van der Waals surface area contributed by atoms with Gasteiger partial charge in [-0.1, -0.05) is 18.2 Å². The fourth-order valence-electron chi connectivity index (χ4n) is 2.13. The maximum absolute atomic E-state index is 4.73. The lowest BCUT2D eigenvalue weighted by molar-refractivity contribution is 0.672. The third kappa shape index (κ3) is 2.86. The Morgan fingerprint density at radius 1 is 1.29 bits per heavy atom. The first kappa shape index (κ1) is 10.8. The summed E-state index contributed by atoms with van der Waals surface area (Å²) in [6, 6.07) is 7.08. The third-order valence-electron chi connectivity index (χ3n) is 3.32. The van der Waals surface area contributed by atoms with Crippen molar-refractivity contribution in [2.45, 2.75) is 31.8 Å². The van der Waals surface area contributed by atoms with E-state index in [1.165, 1.54) is 12.8 Å². The quantitative estimate of drug-likeness (QED) is 0.801. The molecule has 3 nitrogen and oxygen atoms in total. The van der Waals surface area contributed by atoms with E-state index in [1.807, 2.05) is 0 Å². The van der Waals surface area contributed by atoms with Crippen LogP contribution in [0, 0.1) is 0 Å². The maximum Gasteiger partial charge on any atom is 0.129 e. The molecule has 1 saturated carbocycles. The molecule has 1 fully saturated rings. The largest absolute Gasteiger partial charge is 0.353 e. The smallest absolute Gasteiger partial charge is 0.129 e. The molecule has 1 aliphatic carbocycles. The van der Waals surface area contributed by atoms with Gasteiger partial charge >= 0.3 is 0 Å². The molecular weight excluding hydrogens is 210 g/mol. The molecule has 3 rings (SSSR count). The Bertz CT molecular complexity index is 410. The fourth-order valence-corrected chi connectivity index (χ4v) is 2.13. The summed E-state index contributed by atoms with van der Waals surface area (Å²) in [6.45, 7) is 2.98. The molecule has 0 bridgehead atoms. The van der Waals surface area contributed by atoms with E-state index in [2.05, 4.69) is 40.6 Å². The van der Waals surface area contributed by atoms with Crippen molar-refractivity contribution < 1.29 is 0 Å². The molecule has 0 aromatic carbocycles. The van der Waals surface area contributed by atoms with Crippen LogP contribution in [-0.4, -0.2) is 24.1 Å². The zero-order valence-electron chi connectivity index (χ0n) is 10.1. The van der Waals surface area contributed by atoms with Gasteiger partial charge in [0.05, 0.1) is 5.69 Å². The molecule has 0 radical (unpaired) electrons. The Morgan fingerprint density at radius 3 is 3.00 bits per heavy atom. The minimum Gasteiger partial charge on any atom is -0.353 e. The van der Waals surface area contributed by atoms with Gasteiger partial charge in [-0.25, -0.2) is 4.98 Å². The van der Waals surface area contributed by atoms with Crippen molar-refractivity contribution >= 4 is 5.82 Å². The van der Waals surface area contributed by atoms with Crippen LogP contribution in [0.4, 0.5) is 5.82 Å². The van der Waals surface area contributed by atoms with Crippen LogP contribution in [0.25, 0.3) is 0 Å². The molecule has 0 saturated heterocycles. The van der Waals surface area contributed by atoms with E-state index in [0.29, 0.717) is 0 Å². The molecule has 17 heavy (non-hydrogen) atoms. The van der Waals surface area contributed by atoms with Gasteiger partial charge in [0.2, 0.25) is 0 Å². The Labute approximate surface area is 103 Å². The Kier molecular flexibility index (Phi) is 3.10. The fraction of sp³-hybridized carbons (Fsp3) is 0.500. The zero-order valence-corrected chi connectivity index (χ0v) is 10.1. The monoisotopic (exact) mass is 229 g/mol. The zero-order chi connectivity index (χ0) is 11.5. The van der Waals surface area contributed by atoms with Crippen LogP contribution < -0.4 is 10.2 Å². The molecule has 0 spiro atoms. The van der Waals surface area contributed by atoms with E-state index < -0.39 is 0 Å².